The molecule has 3 nitrogen and oxygen atoms in total. The van der Waals surface area contributed by atoms with E-state index in [1.807, 2.05) is 0 Å². The summed E-state index contributed by atoms with van der Waals surface area (Å²) in [6.07, 6.45) is 2.70. The Kier molecular flexibility index (Phi) is 6.41. The Morgan fingerprint density at radius 1 is 1.12 bits per heavy atom. The predicted octanol–water partition coefficient (Wildman–Crippen LogP) is 3.83. The predicted molar refractivity (Wildman–Crippen MR) is 101 cm³/mol. The first-order chi connectivity index (χ1) is 11.1. The van der Waals surface area contributed by atoms with E-state index in [1.54, 1.807) is 0 Å². The fourth-order valence-corrected chi connectivity index (χ4v) is 3.23. The van der Waals surface area contributed by atoms with Crippen molar-refractivity contribution in [2.45, 2.75) is 38.8 Å². The SMILES string of the molecule is Cc1cccc(-c2ccc(CNC(=O)C3CCC(N)C3)cc2)c1.Cl. The zero-order valence-corrected chi connectivity index (χ0v) is 14.8. The van der Waals surface area contributed by atoms with Crippen LogP contribution >= 0.6 is 12.4 Å². The second-order valence-corrected chi connectivity index (χ2v) is 6.55. The van der Waals surface area contributed by atoms with E-state index >= 15 is 0 Å². The molecule has 24 heavy (non-hydrogen) atoms. The number of halogens is 1. The number of carbonyl (C=O) groups is 1. The molecule has 0 heterocycles. The van der Waals surface area contributed by atoms with Crippen molar-refractivity contribution in [3.63, 3.8) is 0 Å². The van der Waals surface area contributed by atoms with Crippen LogP contribution in [0.5, 0.6) is 0 Å². The molecule has 2 atom stereocenters. The summed E-state index contributed by atoms with van der Waals surface area (Å²) in [5, 5.41) is 3.04. The summed E-state index contributed by atoms with van der Waals surface area (Å²) in [7, 11) is 0. The second kappa shape index (κ2) is 8.32. The van der Waals surface area contributed by atoms with E-state index in [4.69, 9.17) is 5.73 Å². The van der Waals surface area contributed by atoms with E-state index in [1.165, 1.54) is 16.7 Å². The van der Waals surface area contributed by atoms with Crippen LogP contribution in [0.1, 0.15) is 30.4 Å². The van der Waals surface area contributed by atoms with Gasteiger partial charge in [-0.2, -0.15) is 0 Å². The Labute approximate surface area is 150 Å². The van der Waals surface area contributed by atoms with Gasteiger partial charge in [-0.3, -0.25) is 4.79 Å². The van der Waals surface area contributed by atoms with Crippen LogP contribution in [0.25, 0.3) is 11.1 Å². The van der Waals surface area contributed by atoms with Crippen molar-refractivity contribution < 1.29 is 4.79 Å². The lowest BCUT2D eigenvalue weighted by Crippen LogP contribution is -2.29. The molecular weight excluding hydrogens is 320 g/mol. The molecule has 128 valence electrons. The molecule has 1 saturated carbocycles. The summed E-state index contributed by atoms with van der Waals surface area (Å²) in [6, 6.07) is 17.1. The molecule has 0 aliphatic heterocycles. The van der Waals surface area contributed by atoms with Crippen LogP contribution in [0.15, 0.2) is 48.5 Å². The van der Waals surface area contributed by atoms with Gasteiger partial charge >= 0.3 is 0 Å². The number of benzene rings is 2. The normalized spacial score (nSPS) is 19.6. The topological polar surface area (TPSA) is 55.1 Å². The number of aryl methyl sites for hydroxylation is 1. The van der Waals surface area contributed by atoms with E-state index < -0.39 is 0 Å². The average molecular weight is 345 g/mol. The molecule has 0 aromatic heterocycles. The zero-order valence-electron chi connectivity index (χ0n) is 14.0. The Morgan fingerprint density at radius 3 is 2.50 bits per heavy atom. The Bertz CT molecular complexity index is 684. The van der Waals surface area contributed by atoms with Crippen LogP contribution in [0, 0.1) is 12.8 Å². The average Bonchev–Trinajstić information content (AvgIpc) is 3.00. The fraction of sp³-hybridized carbons (Fsp3) is 0.350. The minimum absolute atomic E-state index is 0. The first-order valence-corrected chi connectivity index (χ1v) is 8.31. The lowest BCUT2D eigenvalue weighted by atomic mass is 10.0. The molecule has 2 aromatic carbocycles. The molecule has 1 amide bonds. The van der Waals surface area contributed by atoms with Crippen LogP contribution in [0.2, 0.25) is 0 Å². The number of nitrogens with two attached hydrogens (primary N) is 1. The van der Waals surface area contributed by atoms with Crippen molar-refractivity contribution in [3.8, 4) is 11.1 Å². The Balaban J connectivity index is 0.00000208. The minimum Gasteiger partial charge on any atom is -0.352 e. The van der Waals surface area contributed by atoms with Gasteiger partial charge in [-0.25, -0.2) is 0 Å². The zero-order chi connectivity index (χ0) is 16.2. The van der Waals surface area contributed by atoms with Crippen molar-refractivity contribution in [1.82, 2.24) is 5.32 Å². The third-order valence-corrected chi connectivity index (χ3v) is 4.62. The molecule has 1 aliphatic rings. The number of hydrogen-bond acceptors (Lipinski definition) is 2. The summed E-state index contributed by atoms with van der Waals surface area (Å²) < 4.78 is 0. The third kappa shape index (κ3) is 4.59. The van der Waals surface area contributed by atoms with Crippen molar-refractivity contribution in [1.29, 1.82) is 0 Å². The van der Waals surface area contributed by atoms with Crippen molar-refractivity contribution in [3.05, 3.63) is 59.7 Å². The van der Waals surface area contributed by atoms with Crippen LogP contribution in [0.4, 0.5) is 0 Å². The number of nitrogens with one attached hydrogen (secondary N) is 1. The molecule has 0 bridgehead atoms. The molecule has 3 rings (SSSR count). The molecule has 1 aliphatic carbocycles. The van der Waals surface area contributed by atoms with Crippen LogP contribution < -0.4 is 11.1 Å². The molecule has 3 N–H and O–H groups in total. The standard InChI is InChI=1S/C20H24N2O.ClH/c1-14-3-2-4-17(11-14)16-7-5-15(6-8-16)13-22-20(23)18-9-10-19(21)12-18;/h2-8,11,18-19H,9-10,12-13,21H2,1H3,(H,22,23);1H. The highest BCUT2D eigenvalue weighted by atomic mass is 35.5. The van der Waals surface area contributed by atoms with E-state index in [2.05, 4.69) is 60.8 Å². The van der Waals surface area contributed by atoms with Crippen molar-refractivity contribution in [2.24, 2.45) is 11.7 Å². The summed E-state index contributed by atoms with van der Waals surface area (Å²) >= 11 is 0. The smallest absolute Gasteiger partial charge is 0.223 e. The monoisotopic (exact) mass is 344 g/mol. The lowest BCUT2D eigenvalue weighted by Gasteiger charge is -2.11. The van der Waals surface area contributed by atoms with E-state index in [9.17, 15) is 4.79 Å². The lowest BCUT2D eigenvalue weighted by molar-refractivity contribution is -0.125. The molecule has 2 aromatic rings. The quantitative estimate of drug-likeness (QED) is 0.885. The van der Waals surface area contributed by atoms with Crippen molar-refractivity contribution >= 4 is 18.3 Å². The van der Waals surface area contributed by atoms with E-state index in [0.717, 1.165) is 24.8 Å². The van der Waals surface area contributed by atoms with Gasteiger partial charge in [-0.1, -0.05) is 54.1 Å². The molecule has 2 unspecified atom stereocenters. The van der Waals surface area contributed by atoms with Gasteiger partial charge in [0, 0.05) is 18.5 Å². The van der Waals surface area contributed by atoms with Crippen LogP contribution in [0.3, 0.4) is 0 Å². The molecule has 0 saturated heterocycles. The maximum atomic E-state index is 12.1. The minimum atomic E-state index is 0. The molecule has 0 radical (unpaired) electrons. The fourth-order valence-electron chi connectivity index (χ4n) is 3.23. The van der Waals surface area contributed by atoms with Gasteiger partial charge in [-0.15, -0.1) is 12.4 Å². The maximum absolute atomic E-state index is 12.1. The summed E-state index contributed by atoms with van der Waals surface area (Å²) in [4.78, 5) is 12.1. The maximum Gasteiger partial charge on any atom is 0.223 e. The number of hydrogen-bond donors (Lipinski definition) is 2. The Morgan fingerprint density at radius 2 is 1.88 bits per heavy atom. The van der Waals surface area contributed by atoms with Crippen LogP contribution in [-0.2, 0) is 11.3 Å². The van der Waals surface area contributed by atoms with Gasteiger partial charge in [-0.05, 0) is 42.9 Å². The summed E-state index contributed by atoms with van der Waals surface area (Å²) in [5.41, 5.74) is 10.7. The highest BCUT2D eigenvalue weighted by Crippen LogP contribution is 2.24. The highest BCUT2D eigenvalue weighted by Gasteiger charge is 2.27. The molecule has 1 fully saturated rings. The van der Waals surface area contributed by atoms with Gasteiger partial charge in [0.25, 0.3) is 0 Å². The van der Waals surface area contributed by atoms with Crippen LogP contribution in [-0.4, -0.2) is 11.9 Å². The number of amides is 1. The summed E-state index contributed by atoms with van der Waals surface area (Å²) in [6.45, 7) is 2.68. The largest absolute Gasteiger partial charge is 0.352 e. The number of rotatable bonds is 4. The summed E-state index contributed by atoms with van der Waals surface area (Å²) in [5.74, 6) is 0.234. The highest BCUT2D eigenvalue weighted by molar-refractivity contribution is 5.85. The second-order valence-electron chi connectivity index (χ2n) is 6.55. The molecule has 0 spiro atoms. The molecule has 4 heteroatoms. The van der Waals surface area contributed by atoms with Gasteiger partial charge < -0.3 is 11.1 Å². The van der Waals surface area contributed by atoms with E-state index in [-0.39, 0.29) is 30.3 Å². The van der Waals surface area contributed by atoms with Gasteiger partial charge in [0.2, 0.25) is 5.91 Å². The van der Waals surface area contributed by atoms with Gasteiger partial charge in [0.15, 0.2) is 0 Å². The third-order valence-electron chi connectivity index (χ3n) is 4.62. The first-order valence-electron chi connectivity index (χ1n) is 8.31. The van der Waals surface area contributed by atoms with Gasteiger partial charge in [0.05, 0.1) is 0 Å². The number of carbonyl (C=O) groups excluding carboxylic acids is 1. The first kappa shape index (κ1) is 18.5. The Hall–Kier alpha value is -1.84. The molecular formula is C20H25ClN2O. The van der Waals surface area contributed by atoms with Gasteiger partial charge in [0.1, 0.15) is 0 Å². The van der Waals surface area contributed by atoms with Crippen molar-refractivity contribution in [2.75, 3.05) is 0 Å². The van der Waals surface area contributed by atoms with E-state index in [0.29, 0.717) is 6.54 Å².